The van der Waals surface area contributed by atoms with Gasteiger partial charge in [-0.3, -0.25) is 0 Å². The van der Waals surface area contributed by atoms with Gasteiger partial charge in [-0.15, -0.1) is 0 Å². The average molecular weight is 316 g/mol. The van der Waals surface area contributed by atoms with Gasteiger partial charge in [-0.1, -0.05) is 48.0 Å². The molecule has 1 atom stereocenters. The molecule has 2 rings (SSSR count). The van der Waals surface area contributed by atoms with Gasteiger partial charge in [0.05, 0.1) is 10.6 Å². The fraction of sp³-hybridized carbons (Fsp3) is 0.417. The average Bonchev–Trinajstić information content (AvgIpc) is 2.51. The van der Waals surface area contributed by atoms with Crippen LogP contribution >= 0.6 is 15.9 Å². The molecule has 0 N–H and O–H groups in total. The third kappa shape index (κ3) is 2.45. The summed E-state index contributed by atoms with van der Waals surface area (Å²) in [6.45, 7) is 4.19. The molecule has 0 aromatic heterocycles. The van der Waals surface area contributed by atoms with Gasteiger partial charge in [-0.25, -0.2) is 0 Å². The number of fused-ring (bicyclic) bond motifs is 1. The van der Waals surface area contributed by atoms with E-state index in [1.165, 1.54) is 0 Å². The van der Waals surface area contributed by atoms with E-state index in [0.717, 1.165) is 5.56 Å². The van der Waals surface area contributed by atoms with Crippen molar-refractivity contribution in [2.75, 3.05) is 0 Å². The minimum Gasteiger partial charge on any atom is -0.199 e. The Morgan fingerprint density at radius 3 is 2.59 bits per heavy atom. The van der Waals surface area contributed by atoms with Crippen LogP contribution in [0.3, 0.4) is 0 Å². The summed E-state index contributed by atoms with van der Waals surface area (Å²) in [5.74, 6) is 0.438. The fourth-order valence-corrected chi connectivity index (χ4v) is 3.32. The molecule has 17 heavy (non-hydrogen) atoms. The van der Waals surface area contributed by atoms with Gasteiger partial charge in [0.1, 0.15) is 0 Å². The van der Waals surface area contributed by atoms with E-state index < -0.39 is 10.0 Å². The van der Waals surface area contributed by atoms with Crippen LogP contribution in [0.15, 0.2) is 33.6 Å². The summed E-state index contributed by atoms with van der Waals surface area (Å²) in [6.07, 6.45) is 0.633. The highest BCUT2D eigenvalue weighted by Crippen LogP contribution is 2.30. The Hall–Kier alpha value is -0.680. The number of halogens is 1. The molecule has 0 spiro atoms. The lowest BCUT2D eigenvalue weighted by Crippen LogP contribution is -2.13. The van der Waals surface area contributed by atoms with Crippen molar-refractivity contribution >= 4 is 31.7 Å². The quantitative estimate of drug-likeness (QED) is 0.805. The summed E-state index contributed by atoms with van der Waals surface area (Å²) in [4.78, 5) is 0.570. The lowest BCUT2D eigenvalue weighted by Gasteiger charge is -2.13. The number of hydrogen-bond donors (Lipinski definition) is 0. The summed E-state index contributed by atoms with van der Waals surface area (Å²) < 4.78 is 27.5. The molecule has 1 aromatic rings. The molecule has 0 aliphatic carbocycles. The number of rotatable bonds is 3. The summed E-state index contributed by atoms with van der Waals surface area (Å²) >= 11 is 3.57. The predicted octanol–water partition coefficient (Wildman–Crippen LogP) is 2.99. The Balaban J connectivity index is 2.39. The van der Waals surface area contributed by atoms with Crippen LogP contribution in [-0.4, -0.2) is 19.0 Å². The zero-order chi connectivity index (χ0) is 12.6. The van der Waals surface area contributed by atoms with Crippen LogP contribution in [-0.2, 0) is 10.0 Å². The van der Waals surface area contributed by atoms with Crippen LogP contribution in [0.1, 0.15) is 25.8 Å². The van der Waals surface area contributed by atoms with Gasteiger partial charge in [0.2, 0.25) is 0 Å². The molecule has 0 bridgehead atoms. The van der Waals surface area contributed by atoms with E-state index in [2.05, 4.69) is 34.2 Å². The topological polar surface area (TPSA) is 46.5 Å². The van der Waals surface area contributed by atoms with E-state index in [1.807, 2.05) is 12.1 Å². The largest absolute Gasteiger partial charge is 0.283 e. The molecule has 5 heteroatoms. The van der Waals surface area contributed by atoms with Gasteiger partial charge >= 0.3 is 0 Å². The first-order valence-corrected chi connectivity index (χ1v) is 7.84. The van der Waals surface area contributed by atoms with Crippen LogP contribution in [0.25, 0.3) is 0 Å². The molecule has 92 valence electrons. The number of sulfonamides is 1. The minimum absolute atomic E-state index is 0.239. The molecule has 1 aliphatic heterocycles. The van der Waals surface area contributed by atoms with Crippen LogP contribution in [0.4, 0.5) is 0 Å². The van der Waals surface area contributed by atoms with Crippen molar-refractivity contribution < 1.29 is 8.42 Å². The minimum atomic E-state index is -3.46. The highest BCUT2D eigenvalue weighted by atomic mass is 79.9. The molecule has 1 heterocycles. The van der Waals surface area contributed by atoms with Crippen molar-refractivity contribution in [1.82, 2.24) is 0 Å². The van der Waals surface area contributed by atoms with Crippen LogP contribution < -0.4 is 0 Å². The van der Waals surface area contributed by atoms with Crippen LogP contribution in [0, 0.1) is 5.92 Å². The maximum absolute atomic E-state index is 11.8. The molecule has 0 amide bonds. The summed E-state index contributed by atoms with van der Waals surface area (Å²) in [7, 11) is -3.46. The van der Waals surface area contributed by atoms with E-state index in [-0.39, 0.29) is 4.83 Å². The molecule has 3 nitrogen and oxygen atoms in total. The standard InChI is InChI=1S/C12H14BrNO2S/c1-8(2)10(13)7-11-9-5-3-4-6-12(9)17(15,16)14-11/h3-6,8,10H,7H2,1-2H3. The molecule has 1 aromatic carbocycles. The number of alkyl halides is 1. The van der Waals surface area contributed by atoms with E-state index >= 15 is 0 Å². The summed E-state index contributed by atoms with van der Waals surface area (Å²) in [5.41, 5.74) is 1.41. The van der Waals surface area contributed by atoms with Crippen molar-refractivity contribution in [1.29, 1.82) is 0 Å². The molecule has 0 saturated heterocycles. The smallest absolute Gasteiger partial charge is 0.199 e. The molecular weight excluding hydrogens is 302 g/mol. The van der Waals surface area contributed by atoms with E-state index in [1.54, 1.807) is 12.1 Å². The maximum atomic E-state index is 11.8. The Morgan fingerprint density at radius 1 is 1.29 bits per heavy atom. The second-order valence-corrected chi connectivity index (χ2v) is 7.22. The van der Waals surface area contributed by atoms with Crippen molar-refractivity contribution in [2.24, 2.45) is 10.3 Å². The van der Waals surface area contributed by atoms with E-state index in [0.29, 0.717) is 22.9 Å². The van der Waals surface area contributed by atoms with E-state index in [9.17, 15) is 8.42 Å². The number of benzene rings is 1. The fourth-order valence-electron chi connectivity index (χ4n) is 1.74. The Kier molecular flexibility index (Phi) is 3.41. The molecule has 0 saturated carbocycles. The monoisotopic (exact) mass is 315 g/mol. The van der Waals surface area contributed by atoms with Crippen LogP contribution in [0.2, 0.25) is 0 Å². The lowest BCUT2D eigenvalue weighted by molar-refractivity contribution is 0.599. The first-order chi connectivity index (χ1) is 7.92. The highest BCUT2D eigenvalue weighted by molar-refractivity contribution is 9.09. The van der Waals surface area contributed by atoms with Crippen molar-refractivity contribution in [2.45, 2.75) is 30.0 Å². The third-order valence-electron chi connectivity index (χ3n) is 2.82. The van der Waals surface area contributed by atoms with Gasteiger partial charge in [-0.2, -0.15) is 12.8 Å². The lowest BCUT2D eigenvalue weighted by atomic mass is 10.0. The number of hydrogen-bond acceptors (Lipinski definition) is 2. The molecular formula is C12H14BrNO2S. The first kappa shape index (κ1) is 12.8. The van der Waals surface area contributed by atoms with Crippen LogP contribution in [0.5, 0.6) is 0 Å². The van der Waals surface area contributed by atoms with Gasteiger partial charge in [0, 0.05) is 16.8 Å². The van der Waals surface area contributed by atoms with Crippen molar-refractivity contribution in [3.05, 3.63) is 29.8 Å². The first-order valence-electron chi connectivity index (χ1n) is 5.49. The van der Waals surface area contributed by atoms with Gasteiger partial charge in [0.15, 0.2) is 0 Å². The Bertz CT molecular complexity index is 564. The molecule has 0 radical (unpaired) electrons. The SMILES string of the molecule is CC(C)C(Br)CC1=NS(=O)(=O)c2ccccc21. The zero-order valence-electron chi connectivity index (χ0n) is 9.72. The second-order valence-electron chi connectivity index (χ2n) is 4.47. The zero-order valence-corrected chi connectivity index (χ0v) is 12.1. The normalized spacial score (nSPS) is 18.9. The van der Waals surface area contributed by atoms with Crippen molar-refractivity contribution in [3.8, 4) is 0 Å². The molecule has 0 fully saturated rings. The summed E-state index contributed by atoms with van der Waals surface area (Å²) in [5, 5.41) is 0. The third-order valence-corrected chi connectivity index (χ3v) is 5.57. The Labute approximate surface area is 110 Å². The van der Waals surface area contributed by atoms with E-state index in [4.69, 9.17) is 0 Å². The van der Waals surface area contributed by atoms with Gasteiger partial charge < -0.3 is 0 Å². The van der Waals surface area contributed by atoms with Gasteiger partial charge in [0.25, 0.3) is 10.0 Å². The molecule has 1 aliphatic rings. The second kappa shape index (κ2) is 4.53. The number of nitrogens with zero attached hydrogens (tertiary/aromatic N) is 1. The maximum Gasteiger partial charge on any atom is 0.283 e. The Morgan fingerprint density at radius 2 is 1.94 bits per heavy atom. The highest BCUT2D eigenvalue weighted by Gasteiger charge is 2.29. The predicted molar refractivity (Wildman–Crippen MR) is 72.3 cm³/mol. The summed E-state index contributed by atoms with van der Waals surface area (Å²) in [6, 6.07) is 7.00. The van der Waals surface area contributed by atoms with Gasteiger partial charge in [-0.05, 0) is 12.0 Å². The van der Waals surface area contributed by atoms with Crippen molar-refractivity contribution in [3.63, 3.8) is 0 Å². The molecule has 1 unspecified atom stereocenters.